The van der Waals surface area contributed by atoms with Gasteiger partial charge < -0.3 is 10.1 Å². The molecule has 0 aliphatic heterocycles. The second kappa shape index (κ2) is 8.41. The number of amides is 1. The minimum absolute atomic E-state index is 0.0255. The Hall–Kier alpha value is -2.24. The summed E-state index contributed by atoms with van der Waals surface area (Å²) in [5, 5.41) is 2.48. The van der Waals surface area contributed by atoms with Crippen molar-refractivity contribution >= 4 is 11.7 Å². The van der Waals surface area contributed by atoms with Crippen LogP contribution < -0.4 is 10.1 Å². The predicted molar refractivity (Wildman–Crippen MR) is 83.5 cm³/mol. The van der Waals surface area contributed by atoms with E-state index in [1.165, 1.54) is 6.92 Å². The Kier molecular flexibility index (Phi) is 6.88. The van der Waals surface area contributed by atoms with E-state index in [1.807, 2.05) is 6.92 Å². The molecule has 0 aliphatic carbocycles. The summed E-state index contributed by atoms with van der Waals surface area (Å²) in [4.78, 5) is 23.5. The number of rotatable bonds is 8. The Bertz CT molecular complexity index is 591. The molecule has 1 rings (SSSR count). The van der Waals surface area contributed by atoms with Gasteiger partial charge in [-0.1, -0.05) is 19.9 Å². The van der Waals surface area contributed by atoms with Crippen molar-refractivity contribution in [2.24, 2.45) is 0 Å². The molecule has 1 aromatic carbocycles. The van der Waals surface area contributed by atoms with Crippen molar-refractivity contribution in [3.8, 4) is 5.75 Å². The van der Waals surface area contributed by atoms with Gasteiger partial charge in [0.2, 0.25) is 0 Å². The largest absolute Gasteiger partial charge is 0.483 e. The average molecular weight is 325 g/mol. The van der Waals surface area contributed by atoms with Gasteiger partial charge in [0.05, 0.1) is 6.04 Å². The minimum Gasteiger partial charge on any atom is -0.483 e. The number of benzene rings is 1. The Morgan fingerprint density at radius 2 is 1.83 bits per heavy atom. The standard InChI is InChI=1S/C17H21F2NO3/c1-5-6-15(11(4)21)20-17(22)12-7-13(18)16(14(19)8-12)23-9-10(2)3/h7-8,15H,2,5-6,9H2,1,3-4H3,(H,20,22). The lowest BCUT2D eigenvalue weighted by molar-refractivity contribution is -0.118. The number of Topliss-reactive ketones (excluding diaryl/α,β-unsaturated/α-hetero) is 1. The molecule has 0 aliphatic rings. The lowest BCUT2D eigenvalue weighted by atomic mass is 10.1. The lowest BCUT2D eigenvalue weighted by Crippen LogP contribution is -2.39. The smallest absolute Gasteiger partial charge is 0.252 e. The number of hydrogen-bond donors (Lipinski definition) is 1. The van der Waals surface area contributed by atoms with Gasteiger partial charge in [0, 0.05) is 5.56 Å². The molecular weight excluding hydrogens is 304 g/mol. The van der Waals surface area contributed by atoms with E-state index in [0.717, 1.165) is 12.1 Å². The van der Waals surface area contributed by atoms with Gasteiger partial charge in [-0.3, -0.25) is 9.59 Å². The summed E-state index contributed by atoms with van der Waals surface area (Å²) in [6.07, 6.45) is 1.16. The molecular formula is C17H21F2NO3. The first-order valence-electron chi connectivity index (χ1n) is 7.33. The van der Waals surface area contributed by atoms with Crippen LogP contribution in [0.3, 0.4) is 0 Å². The maximum Gasteiger partial charge on any atom is 0.252 e. The number of carbonyl (C=O) groups excluding carboxylic acids is 2. The summed E-state index contributed by atoms with van der Waals surface area (Å²) in [5.41, 5.74) is 0.402. The van der Waals surface area contributed by atoms with E-state index < -0.39 is 29.3 Å². The summed E-state index contributed by atoms with van der Waals surface area (Å²) in [5.74, 6) is -3.43. The van der Waals surface area contributed by atoms with Crippen LogP contribution in [-0.2, 0) is 4.79 Å². The first kappa shape index (κ1) is 18.8. The van der Waals surface area contributed by atoms with E-state index in [4.69, 9.17) is 4.74 Å². The first-order valence-corrected chi connectivity index (χ1v) is 7.33. The molecule has 1 unspecified atom stereocenters. The molecule has 0 fully saturated rings. The molecule has 1 aromatic rings. The molecule has 1 atom stereocenters. The molecule has 0 bridgehead atoms. The highest BCUT2D eigenvalue weighted by Crippen LogP contribution is 2.24. The molecule has 1 amide bonds. The van der Waals surface area contributed by atoms with Crippen LogP contribution in [0.4, 0.5) is 8.78 Å². The van der Waals surface area contributed by atoms with Gasteiger partial charge in [0.25, 0.3) is 5.91 Å². The molecule has 6 heteroatoms. The first-order chi connectivity index (χ1) is 10.8. The van der Waals surface area contributed by atoms with E-state index in [9.17, 15) is 18.4 Å². The van der Waals surface area contributed by atoms with Crippen molar-refractivity contribution in [1.82, 2.24) is 5.32 Å². The van der Waals surface area contributed by atoms with Crippen LogP contribution >= 0.6 is 0 Å². The number of halogens is 2. The Balaban J connectivity index is 2.94. The number of hydrogen-bond acceptors (Lipinski definition) is 3. The fraction of sp³-hybridized carbons (Fsp3) is 0.412. The maximum absolute atomic E-state index is 13.9. The van der Waals surface area contributed by atoms with Crippen molar-refractivity contribution < 1.29 is 23.1 Å². The van der Waals surface area contributed by atoms with Crippen LogP contribution in [0.15, 0.2) is 24.3 Å². The number of ether oxygens (including phenoxy) is 1. The maximum atomic E-state index is 13.9. The van der Waals surface area contributed by atoms with Gasteiger partial charge in [-0.25, -0.2) is 8.78 Å². The lowest BCUT2D eigenvalue weighted by Gasteiger charge is -2.15. The molecule has 0 saturated carbocycles. The third kappa shape index (κ3) is 5.47. The van der Waals surface area contributed by atoms with Crippen LogP contribution in [0.2, 0.25) is 0 Å². The highest BCUT2D eigenvalue weighted by atomic mass is 19.1. The van der Waals surface area contributed by atoms with Gasteiger partial charge in [0.15, 0.2) is 23.2 Å². The summed E-state index contributed by atoms with van der Waals surface area (Å²) in [6, 6.07) is 1.10. The molecule has 23 heavy (non-hydrogen) atoms. The number of ketones is 1. The summed E-state index contributed by atoms with van der Waals surface area (Å²) >= 11 is 0. The molecule has 4 nitrogen and oxygen atoms in total. The zero-order chi connectivity index (χ0) is 17.6. The fourth-order valence-electron chi connectivity index (χ4n) is 1.93. The van der Waals surface area contributed by atoms with E-state index in [0.29, 0.717) is 18.4 Å². The molecule has 0 aromatic heterocycles. The van der Waals surface area contributed by atoms with Crippen molar-refractivity contribution in [3.63, 3.8) is 0 Å². The van der Waals surface area contributed by atoms with Gasteiger partial charge in [-0.05, 0) is 38.0 Å². The predicted octanol–water partition coefficient (Wildman–Crippen LogP) is 3.41. The van der Waals surface area contributed by atoms with Crippen molar-refractivity contribution in [2.75, 3.05) is 6.61 Å². The van der Waals surface area contributed by atoms with Crippen molar-refractivity contribution in [3.05, 3.63) is 41.5 Å². The highest BCUT2D eigenvalue weighted by Gasteiger charge is 2.20. The zero-order valence-corrected chi connectivity index (χ0v) is 13.5. The van der Waals surface area contributed by atoms with Crippen LogP contribution in [-0.4, -0.2) is 24.3 Å². The minimum atomic E-state index is -0.980. The third-order valence-corrected chi connectivity index (χ3v) is 3.10. The molecule has 1 N–H and O–H groups in total. The van der Waals surface area contributed by atoms with Gasteiger partial charge in [0.1, 0.15) is 6.61 Å². The normalized spacial score (nSPS) is 11.7. The molecule has 0 heterocycles. The molecule has 126 valence electrons. The molecule has 0 radical (unpaired) electrons. The topological polar surface area (TPSA) is 55.4 Å². The molecule has 0 spiro atoms. The average Bonchev–Trinajstić information content (AvgIpc) is 2.45. The third-order valence-electron chi connectivity index (χ3n) is 3.10. The zero-order valence-electron chi connectivity index (χ0n) is 13.5. The summed E-state index contributed by atoms with van der Waals surface area (Å²) in [7, 11) is 0. The van der Waals surface area contributed by atoms with Crippen molar-refractivity contribution in [2.45, 2.75) is 39.7 Å². The van der Waals surface area contributed by atoms with E-state index in [1.54, 1.807) is 6.92 Å². The van der Waals surface area contributed by atoms with Crippen LogP contribution in [0.5, 0.6) is 5.75 Å². The van der Waals surface area contributed by atoms with Gasteiger partial charge in [-0.15, -0.1) is 0 Å². The summed E-state index contributed by atoms with van der Waals surface area (Å²) < 4.78 is 32.8. The second-order valence-electron chi connectivity index (χ2n) is 5.44. The van der Waals surface area contributed by atoms with Gasteiger partial charge >= 0.3 is 0 Å². The fourth-order valence-corrected chi connectivity index (χ4v) is 1.93. The van der Waals surface area contributed by atoms with E-state index >= 15 is 0 Å². The Morgan fingerprint density at radius 3 is 2.26 bits per heavy atom. The quantitative estimate of drug-likeness (QED) is 0.745. The molecule has 0 saturated heterocycles. The van der Waals surface area contributed by atoms with Crippen LogP contribution in [0.25, 0.3) is 0 Å². The van der Waals surface area contributed by atoms with Crippen molar-refractivity contribution in [1.29, 1.82) is 0 Å². The monoisotopic (exact) mass is 325 g/mol. The highest BCUT2D eigenvalue weighted by molar-refractivity contribution is 5.97. The van der Waals surface area contributed by atoms with E-state index in [2.05, 4.69) is 11.9 Å². The van der Waals surface area contributed by atoms with E-state index in [-0.39, 0.29) is 18.0 Å². The number of carbonyl (C=O) groups is 2. The summed E-state index contributed by atoms with van der Waals surface area (Å²) in [6.45, 7) is 8.44. The Morgan fingerprint density at radius 1 is 1.26 bits per heavy atom. The number of nitrogens with one attached hydrogen (secondary N) is 1. The van der Waals surface area contributed by atoms with Crippen LogP contribution in [0, 0.1) is 11.6 Å². The SMILES string of the molecule is C=C(C)COc1c(F)cc(C(=O)NC(CCC)C(C)=O)cc1F. The Labute approximate surface area is 134 Å². The van der Waals surface area contributed by atoms with Crippen LogP contribution in [0.1, 0.15) is 44.0 Å². The van der Waals surface area contributed by atoms with Gasteiger partial charge in [-0.2, -0.15) is 0 Å². The second-order valence-corrected chi connectivity index (χ2v) is 5.44.